The van der Waals surface area contributed by atoms with Gasteiger partial charge in [-0.05, 0) is 77.3 Å². The summed E-state index contributed by atoms with van der Waals surface area (Å²) in [4.78, 5) is 42.1. The highest BCUT2D eigenvalue weighted by Crippen LogP contribution is 2.17. The summed E-state index contributed by atoms with van der Waals surface area (Å²) < 4.78 is 15.9. The summed E-state index contributed by atoms with van der Waals surface area (Å²) >= 11 is 0. The summed E-state index contributed by atoms with van der Waals surface area (Å²) in [5, 5.41) is 0. The Morgan fingerprint density at radius 1 is 0.571 bits per heavy atom. The summed E-state index contributed by atoms with van der Waals surface area (Å²) in [5.74, 6) is -0.0619. The molecule has 0 aromatic rings. The summed E-state index contributed by atoms with van der Waals surface area (Å²) in [5.41, 5.74) is 0. The number of amides is 1. The quantitative estimate of drug-likeness (QED) is 0.0279. The molecule has 0 saturated carbocycles. The zero-order valence-corrected chi connectivity index (χ0v) is 32.6. The van der Waals surface area contributed by atoms with Crippen LogP contribution in [0.2, 0.25) is 0 Å². The fourth-order valence-electron chi connectivity index (χ4n) is 6.11. The molecule has 1 amide bonds. The van der Waals surface area contributed by atoms with E-state index in [9.17, 15) is 14.4 Å². The first-order valence-electron chi connectivity index (χ1n) is 20.6. The van der Waals surface area contributed by atoms with E-state index in [1.807, 2.05) is 0 Å². The van der Waals surface area contributed by atoms with Crippen LogP contribution in [0.4, 0.5) is 4.79 Å². The summed E-state index contributed by atoms with van der Waals surface area (Å²) in [7, 11) is 1.34. The summed E-state index contributed by atoms with van der Waals surface area (Å²) in [6.45, 7) is 10.1. The molecule has 0 radical (unpaired) electrons. The van der Waals surface area contributed by atoms with Gasteiger partial charge in [-0.2, -0.15) is 4.99 Å². The van der Waals surface area contributed by atoms with Gasteiger partial charge in [0.05, 0.1) is 13.7 Å². The van der Waals surface area contributed by atoms with Gasteiger partial charge < -0.3 is 19.1 Å². The molecule has 0 aliphatic carbocycles. The van der Waals surface area contributed by atoms with Crippen molar-refractivity contribution in [3.63, 3.8) is 0 Å². The van der Waals surface area contributed by atoms with Gasteiger partial charge in [0.2, 0.25) is 0 Å². The number of rotatable bonds is 36. The van der Waals surface area contributed by atoms with Crippen LogP contribution >= 0.6 is 0 Å². The normalized spacial score (nSPS) is 12.1. The Morgan fingerprint density at radius 3 is 1.63 bits per heavy atom. The second-order valence-corrected chi connectivity index (χ2v) is 13.9. The molecule has 0 saturated heterocycles. The SMILES string of the molecule is CCCCCCCCOC(=O)CCCCCCCN(CC/C=N/C(=O)OC)CCCCCCCC(=O)OC(CCCCC)CCCCCC. The first kappa shape index (κ1) is 47.0. The van der Waals surface area contributed by atoms with E-state index >= 15 is 0 Å². The van der Waals surface area contributed by atoms with Gasteiger partial charge in [-0.3, -0.25) is 9.59 Å². The zero-order valence-electron chi connectivity index (χ0n) is 32.6. The van der Waals surface area contributed by atoms with Crippen molar-refractivity contribution in [3.05, 3.63) is 0 Å². The number of esters is 2. The van der Waals surface area contributed by atoms with Crippen molar-refractivity contribution in [2.75, 3.05) is 33.4 Å². The van der Waals surface area contributed by atoms with Crippen LogP contribution in [0, 0.1) is 0 Å². The van der Waals surface area contributed by atoms with Crippen LogP contribution in [-0.2, 0) is 23.8 Å². The van der Waals surface area contributed by atoms with Crippen molar-refractivity contribution >= 4 is 24.2 Å². The minimum absolute atomic E-state index is 0.0137. The molecule has 0 rings (SSSR count). The number of carbonyl (C=O) groups is 3. The molecule has 0 spiro atoms. The van der Waals surface area contributed by atoms with Crippen molar-refractivity contribution in [1.29, 1.82) is 0 Å². The third-order valence-corrected chi connectivity index (χ3v) is 9.22. The first-order valence-corrected chi connectivity index (χ1v) is 20.6. The number of hydrogen-bond donors (Lipinski definition) is 0. The van der Waals surface area contributed by atoms with E-state index in [4.69, 9.17) is 9.47 Å². The van der Waals surface area contributed by atoms with Crippen LogP contribution < -0.4 is 0 Å². The third-order valence-electron chi connectivity index (χ3n) is 9.22. The maximum absolute atomic E-state index is 12.5. The lowest BCUT2D eigenvalue weighted by Crippen LogP contribution is -2.27. The largest absolute Gasteiger partial charge is 0.466 e. The van der Waals surface area contributed by atoms with E-state index in [0.29, 0.717) is 19.4 Å². The number of hydrogen-bond acceptors (Lipinski definition) is 7. The number of aliphatic imine (C=N–C) groups is 1. The molecule has 0 aliphatic rings. The Balaban J connectivity index is 4.22. The fraction of sp³-hybridized carbons (Fsp3) is 0.902. The molecule has 1 unspecified atom stereocenters. The Hall–Kier alpha value is -1.96. The van der Waals surface area contributed by atoms with E-state index in [1.54, 1.807) is 6.21 Å². The molecule has 0 fully saturated rings. The highest BCUT2D eigenvalue weighted by atomic mass is 16.5. The average Bonchev–Trinajstić information content (AvgIpc) is 3.10. The molecular weight excluding hydrogens is 616 g/mol. The van der Waals surface area contributed by atoms with E-state index in [0.717, 1.165) is 129 Å². The maximum atomic E-state index is 12.5. The second kappa shape index (κ2) is 37.3. The lowest BCUT2D eigenvalue weighted by atomic mass is 10.0. The molecule has 0 aromatic heterocycles. The Kier molecular flexibility index (Phi) is 35.8. The minimum Gasteiger partial charge on any atom is -0.466 e. The molecule has 0 bridgehead atoms. The van der Waals surface area contributed by atoms with Gasteiger partial charge in [0.15, 0.2) is 0 Å². The van der Waals surface area contributed by atoms with Crippen molar-refractivity contribution in [2.45, 2.75) is 207 Å². The predicted molar refractivity (Wildman–Crippen MR) is 204 cm³/mol. The molecule has 8 heteroatoms. The van der Waals surface area contributed by atoms with Gasteiger partial charge in [0.1, 0.15) is 6.10 Å². The van der Waals surface area contributed by atoms with Crippen LogP contribution in [-0.4, -0.2) is 68.6 Å². The van der Waals surface area contributed by atoms with Gasteiger partial charge >= 0.3 is 18.0 Å². The zero-order chi connectivity index (χ0) is 36.0. The van der Waals surface area contributed by atoms with Crippen LogP contribution in [0.5, 0.6) is 0 Å². The molecule has 1 atom stereocenters. The summed E-state index contributed by atoms with van der Waals surface area (Å²) in [6.07, 6.45) is 31.3. The highest BCUT2D eigenvalue weighted by molar-refractivity contribution is 5.79. The molecule has 8 nitrogen and oxygen atoms in total. The van der Waals surface area contributed by atoms with Gasteiger partial charge in [-0.25, -0.2) is 4.79 Å². The smallest absolute Gasteiger partial charge is 0.432 e. The molecular formula is C41H78N2O6. The molecule has 49 heavy (non-hydrogen) atoms. The molecule has 0 N–H and O–H groups in total. The molecule has 0 aliphatic heterocycles. The first-order chi connectivity index (χ1) is 24.0. The van der Waals surface area contributed by atoms with Gasteiger partial charge in [-0.1, -0.05) is 124 Å². The topological polar surface area (TPSA) is 94.5 Å². The number of ether oxygens (including phenoxy) is 3. The van der Waals surface area contributed by atoms with E-state index < -0.39 is 6.09 Å². The standard InChI is InChI=1S/C41H78N2O6/c1-5-8-11-13-20-27-37-48-39(44)31-23-16-14-18-25-34-43(36-28-33-42-41(46)47-4)35-26-19-15-17-24-32-40(45)49-38(29-21-10-7-3)30-22-12-9-6-2/h33,38H,5-32,34-37H2,1-4H3/b42-33+. The van der Waals surface area contributed by atoms with Gasteiger partial charge in [0, 0.05) is 25.6 Å². The average molecular weight is 695 g/mol. The van der Waals surface area contributed by atoms with Crippen LogP contribution in [0.25, 0.3) is 0 Å². The number of methoxy groups -OCH3 is 1. The van der Waals surface area contributed by atoms with Crippen molar-refractivity contribution in [3.8, 4) is 0 Å². The lowest BCUT2D eigenvalue weighted by Gasteiger charge is -2.21. The van der Waals surface area contributed by atoms with E-state index in [1.165, 1.54) is 64.9 Å². The predicted octanol–water partition coefficient (Wildman–Crippen LogP) is 11.6. The number of nitrogens with zero attached hydrogens (tertiary/aromatic N) is 2. The Bertz CT molecular complexity index is 790. The molecule has 0 heterocycles. The number of carbonyl (C=O) groups excluding carboxylic acids is 3. The van der Waals surface area contributed by atoms with Crippen molar-refractivity contribution in [2.24, 2.45) is 4.99 Å². The molecule has 288 valence electrons. The number of unbranched alkanes of at least 4 members (excludes halogenated alkanes) is 18. The maximum Gasteiger partial charge on any atom is 0.432 e. The monoisotopic (exact) mass is 695 g/mol. The van der Waals surface area contributed by atoms with Crippen LogP contribution in [0.3, 0.4) is 0 Å². The Morgan fingerprint density at radius 2 is 1.04 bits per heavy atom. The fourth-order valence-corrected chi connectivity index (χ4v) is 6.11. The second-order valence-electron chi connectivity index (χ2n) is 13.9. The van der Waals surface area contributed by atoms with E-state index in [-0.39, 0.29) is 18.0 Å². The molecule has 0 aromatic carbocycles. The van der Waals surface area contributed by atoms with Gasteiger partial charge in [0.25, 0.3) is 0 Å². The Labute approximate surface area is 302 Å². The van der Waals surface area contributed by atoms with Crippen LogP contribution in [0.1, 0.15) is 201 Å². The third kappa shape index (κ3) is 34.3. The van der Waals surface area contributed by atoms with Crippen molar-refractivity contribution in [1.82, 2.24) is 4.90 Å². The summed E-state index contributed by atoms with van der Waals surface area (Å²) in [6, 6.07) is 0. The van der Waals surface area contributed by atoms with E-state index in [2.05, 4.69) is 35.4 Å². The lowest BCUT2D eigenvalue weighted by molar-refractivity contribution is -0.150. The highest BCUT2D eigenvalue weighted by Gasteiger charge is 2.14. The van der Waals surface area contributed by atoms with Gasteiger partial charge in [-0.15, -0.1) is 0 Å². The minimum atomic E-state index is -0.555. The van der Waals surface area contributed by atoms with Crippen molar-refractivity contribution < 1.29 is 28.6 Å². The van der Waals surface area contributed by atoms with Crippen LogP contribution in [0.15, 0.2) is 4.99 Å².